The molecule has 0 aliphatic carbocycles. The second kappa shape index (κ2) is 60.9. The Labute approximate surface area is 443 Å². The molecule has 0 heterocycles. The first-order valence-corrected chi connectivity index (χ1v) is 32.1. The molecule has 0 radical (unpaired) electrons. The van der Waals surface area contributed by atoms with Crippen molar-refractivity contribution in [3.05, 3.63) is 24.3 Å². The van der Waals surface area contributed by atoms with E-state index in [9.17, 15) is 19.8 Å². The van der Waals surface area contributed by atoms with Gasteiger partial charge in [0.1, 0.15) is 0 Å². The maximum atomic E-state index is 12.5. The molecule has 0 saturated heterocycles. The molecular formula is C65H125NO5. The molecule has 6 nitrogen and oxygen atoms in total. The van der Waals surface area contributed by atoms with Crippen LogP contribution in [0.5, 0.6) is 0 Å². The van der Waals surface area contributed by atoms with E-state index in [1.54, 1.807) is 0 Å². The van der Waals surface area contributed by atoms with Crippen LogP contribution in [0.2, 0.25) is 0 Å². The largest absolute Gasteiger partial charge is 0.466 e. The number of esters is 1. The summed E-state index contributed by atoms with van der Waals surface area (Å²) in [4.78, 5) is 24.6. The average molecular weight is 1000 g/mol. The number of rotatable bonds is 60. The summed E-state index contributed by atoms with van der Waals surface area (Å²) in [5.41, 5.74) is 0. The van der Waals surface area contributed by atoms with Crippen molar-refractivity contribution >= 4 is 11.9 Å². The number of aliphatic hydroxyl groups is 2. The highest BCUT2D eigenvalue weighted by atomic mass is 16.5. The number of carbonyl (C=O) groups is 2. The summed E-state index contributed by atoms with van der Waals surface area (Å²) in [7, 11) is 0. The van der Waals surface area contributed by atoms with E-state index < -0.39 is 12.1 Å². The van der Waals surface area contributed by atoms with Crippen molar-refractivity contribution in [2.75, 3.05) is 13.2 Å². The molecule has 0 aromatic carbocycles. The van der Waals surface area contributed by atoms with Gasteiger partial charge in [-0.2, -0.15) is 0 Å². The van der Waals surface area contributed by atoms with Crippen molar-refractivity contribution in [2.45, 2.75) is 366 Å². The SMILES string of the molecule is CCCCCCCC/C=C\CCCCCCCCCC(=O)OCCCCCCCCCCCCC/C=C\CCCCCCCCCC(=O)NC(CO)C(O)CCCCCCCCCCCCCCCCC. The predicted molar refractivity (Wildman–Crippen MR) is 310 cm³/mol. The molecule has 0 rings (SSSR count). The lowest BCUT2D eigenvalue weighted by Crippen LogP contribution is -2.45. The molecule has 0 aromatic rings. The van der Waals surface area contributed by atoms with Crippen molar-refractivity contribution in [2.24, 2.45) is 0 Å². The summed E-state index contributed by atoms with van der Waals surface area (Å²) < 4.78 is 5.49. The third kappa shape index (κ3) is 57.5. The first kappa shape index (κ1) is 69.3. The van der Waals surface area contributed by atoms with Gasteiger partial charge >= 0.3 is 5.97 Å². The molecule has 0 spiro atoms. The van der Waals surface area contributed by atoms with E-state index in [4.69, 9.17) is 4.74 Å². The topological polar surface area (TPSA) is 95.9 Å². The highest BCUT2D eigenvalue weighted by Gasteiger charge is 2.20. The lowest BCUT2D eigenvalue weighted by atomic mass is 10.0. The second-order valence-electron chi connectivity index (χ2n) is 22.1. The van der Waals surface area contributed by atoms with Gasteiger partial charge in [0.05, 0.1) is 25.4 Å². The van der Waals surface area contributed by atoms with Gasteiger partial charge in [-0.05, 0) is 77.0 Å². The zero-order chi connectivity index (χ0) is 51.4. The van der Waals surface area contributed by atoms with Crippen molar-refractivity contribution < 1.29 is 24.5 Å². The molecule has 0 bridgehead atoms. The molecule has 420 valence electrons. The van der Waals surface area contributed by atoms with Crippen LogP contribution in [0.3, 0.4) is 0 Å². The Morgan fingerprint density at radius 3 is 1.00 bits per heavy atom. The van der Waals surface area contributed by atoms with E-state index in [0.29, 0.717) is 25.9 Å². The van der Waals surface area contributed by atoms with Crippen molar-refractivity contribution in [3.63, 3.8) is 0 Å². The molecule has 6 heteroatoms. The third-order valence-electron chi connectivity index (χ3n) is 15.0. The Hall–Kier alpha value is -1.66. The van der Waals surface area contributed by atoms with E-state index in [1.807, 2.05) is 0 Å². The number of carbonyl (C=O) groups excluding carboxylic acids is 2. The fourth-order valence-corrected chi connectivity index (χ4v) is 10.0. The number of unbranched alkanes of at least 4 members (excludes halogenated alkanes) is 45. The van der Waals surface area contributed by atoms with Crippen LogP contribution in [0.15, 0.2) is 24.3 Å². The maximum absolute atomic E-state index is 12.5. The molecule has 0 aliphatic rings. The van der Waals surface area contributed by atoms with Crippen LogP contribution in [0.25, 0.3) is 0 Å². The number of amides is 1. The normalized spacial score (nSPS) is 12.7. The van der Waals surface area contributed by atoms with Crippen LogP contribution >= 0.6 is 0 Å². The van der Waals surface area contributed by atoms with E-state index in [-0.39, 0.29) is 18.5 Å². The molecule has 71 heavy (non-hydrogen) atoms. The number of allylic oxidation sites excluding steroid dienone is 4. The molecule has 0 fully saturated rings. The first-order chi connectivity index (χ1) is 35.0. The van der Waals surface area contributed by atoms with Crippen LogP contribution in [-0.4, -0.2) is 47.4 Å². The van der Waals surface area contributed by atoms with Crippen LogP contribution < -0.4 is 5.32 Å². The van der Waals surface area contributed by atoms with Crippen molar-refractivity contribution in [1.82, 2.24) is 5.32 Å². The second-order valence-corrected chi connectivity index (χ2v) is 22.1. The summed E-state index contributed by atoms with van der Waals surface area (Å²) in [6.07, 6.45) is 74.8. The van der Waals surface area contributed by atoms with Gasteiger partial charge in [-0.1, -0.05) is 289 Å². The van der Waals surface area contributed by atoms with Gasteiger partial charge in [0.15, 0.2) is 0 Å². The fraction of sp³-hybridized carbons (Fsp3) is 0.908. The van der Waals surface area contributed by atoms with Crippen molar-refractivity contribution in [3.8, 4) is 0 Å². The highest BCUT2D eigenvalue weighted by Crippen LogP contribution is 2.18. The Morgan fingerprint density at radius 2 is 0.662 bits per heavy atom. The minimum Gasteiger partial charge on any atom is -0.466 e. The van der Waals surface area contributed by atoms with Gasteiger partial charge in [-0.3, -0.25) is 9.59 Å². The lowest BCUT2D eigenvalue weighted by molar-refractivity contribution is -0.143. The Morgan fingerprint density at radius 1 is 0.380 bits per heavy atom. The Bertz CT molecular complexity index is 1110. The first-order valence-electron chi connectivity index (χ1n) is 32.1. The van der Waals surface area contributed by atoms with Gasteiger partial charge < -0.3 is 20.3 Å². The lowest BCUT2D eigenvalue weighted by Gasteiger charge is -2.22. The van der Waals surface area contributed by atoms with E-state index >= 15 is 0 Å². The van der Waals surface area contributed by atoms with Gasteiger partial charge in [0.2, 0.25) is 5.91 Å². The minimum absolute atomic E-state index is 0.00715. The summed E-state index contributed by atoms with van der Waals surface area (Å²) in [5.74, 6) is -0.0329. The van der Waals surface area contributed by atoms with Crippen molar-refractivity contribution in [1.29, 1.82) is 0 Å². The van der Waals surface area contributed by atoms with Gasteiger partial charge in [0, 0.05) is 12.8 Å². The summed E-state index contributed by atoms with van der Waals surface area (Å²) in [5, 5.41) is 23.3. The molecular weight excluding hydrogens is 875 g/mol. The highest BCUT2D eigenvalue weighted by molar-refractivity contribution is 5.76. The van der Waals surface area contributed by atoms with E-state index in [1.165, 1.54) is 276 Å². The Kier molecular flexibility index (Phi) is 59.5. The smallest absolute Gasteiger partial charge is 0.305 e. The van der Waals surface area contributed by atoms with E-state index in [2.05, 4.69) is 43.5 Å². The number of nitrogens with one attached hydrogen (secondary N) is 1. The fourth-order valence-electron chi connectivity index (χ4n) is 10.0. The number of hydrogen-bond acceptors (Lipinski definition) is 5. The molecule has 3 N–H and O–H groups in total. The zero-order valence-corrected chi connectivity index (χ0v) is 48.0. The predicted octanol–water partition coefficient (Wildman–Crippen LogP) is 20.2. The number of aliphatic hydroxyl groups excluding tert-OH is 2. The molecule has 0 aromatic heterocycles. The van der Waals surface area contributed by atoms with Crippen LogP contribution in [0, 0.1) is 0 Å². The average Bonchev–Trinajstić information content (AvgIpc) is 3.37. The molecule has 0 saturated carbocycles. The zero-order valence-electron chi connectivity index (χ0n) is 48.0. The van der Waals surface area contributed by atoms with Gasteiger partial charge in [-0.25, -0.2) is 0 Å². The summed E-state index contributed by atoms with van der Waals surface area (Å²) >= 11 is 0. The minimum atomic E-state index is -0.668. The third-order valence-corrected chi connectivity index (χ3v) is 15.0. The van der Waals surface area contributed by atoms with E-state index in [0.717, 1.165) is 44.9 Å². The molecule has 0 aliphatic heterocycles. The molecule has 2 atom stereocenters. The molecule has 1 amide bonds. The maximum Gasteiger partial charge on any atom is 0.305 e. The van der Waals surface area contributed by atoms with Crippen LogP contribution in [0.1, 0.15) is 354 Å². The standard InChI is InChI=1S/C65H125NO5/c1-3-5-7-9-11-13-15-17-19-26-31-35-39-43-47-51-55-59-65(70)71-60-56-52-48-44-40-36-32-28-25-23-21-20-22-24-27-30-34-38-42-46-50-54-58-64(69)66-62(61-67)63(68)57-53-49-45-41-37-33-29-18-16-14-12-10-8-6-4-2/h17,19,22,24,62-63,67-68H,3-16,18,20-21,23,25-61H2,1-2H3,(H,66,69)/b19-17-,24-22-. The quantitative estimate of drug-likeness (QED) is 0.0320. The van der Waals surface area contributed by atoms with Gasteiger partial charge in [0.25, 0.3) is 0 Å². The van der Waals surface area contributed by atoms with Gasteiger partial charge in [-0.15, -0.1) is 0 Å². The number of hydrogen-bond donors (Lipinski definition) is 3. The molecule has 2 unspecified atom stereocenters. The monoisotopic (exact) mass is 1000 g/mol. The summed E-state index contributed by atoms with van der Waals surface area (Å²) in [6.45, 7) is 4.96. The Balaban J connectivity index is 3.40. The van der Waals surface area contributed by atoms with Crippen LogP contribution in [0.4, 0.5) is 0 Å². The summed E-state index contributed by atoms with van der Waals surface area (Å²) in [6, 6.07) is -0.546. The van der Waals surface area contributed by atoms with Crippen LogP contribution in [-0.2, 0) is 14.3 Å². The number of ether oxygens (including phenoxy) is 1.